The lowest BCUT2D eigenvalue weighted by molar-refractivity contribution is -0.144. The Morgan fingerprint density at radius 1 is 0.583 bits per heavy atom. The van der Waals surface area contributed by atoms with Crippen LogP contribution >= 0.6 is 0 Å². The van der Waals surface area contributed by atoms with E-state index in [1.807, 2.05) is 24.3 Å². The molecule has 0 fully saturated rings. The van der Waals surface area contributed by atoms with Crippen LogP contribution in [0.5, 0.6) is 11.5 Å². The second-order valence-corrected chi connectivity index (χ2v) is 12.7. The molecule has 3 aromatic carbocycles. The summed E-state index contributed by atoms with van der Waals surface area (Å²) in [6.07, 6.45) is -1.47. The van der Waals surface area contributed by atoms with E-state index in [0.717, 1.165) is 11.1 Å². The first-order valence-electron chi connectivity index (χ1n) is 15.2. The van der Waals surface area contributed by atoms with Crippen molar-refractivity contribution in [1.29, 1.82) is 0 Å². The summed E-state index contributed by atoms with van der Waals surface area (Å²) >= 11 is 0. The fourth-order valence-electron chi connectivity index (χ4n) is 4.30. The van der Waals surface area contributed by atoms with Crippen LogP contribution in [-0.4, -0.2) is 49.5 Å². The Balaban J connectivity index is 1.58. The third-order valence-corrected chi connectivity index (χ3v) is 6.43. The summed E-state index contributed by atoms with van der Waals surface area (Å²) < 4.78 is 32.2. The zero-order valence-electron chi connectivity index (χ0n) is 28.6. The molecule has 0 heterocycles. The second kappa shape index (κ2) is 16.5. The van der Waals surface area contributed by atoms with E-state index in [9.17, 15) is 19.2 Å². The van der Waals surface area contributed by atoms with Crippen molar-refractivity contribution >= 4 is 24.1 Å². The van der Waals surface area contributed by atoms with Crippen LogP contribution in [0.2, 0.25) is 0 Å². The van der Waals surface area contributed by atoms with Gasteiger partial charge in [-0.25, -0.2) is 19.2 Å². The van der Waals surface area contributed by atoms with Crippen LogP contribution in [0.15, 0.2) is 72.8 Å². The largest absolute Gasteiger partial charge is 0.489 e. The van der Waals surface area contributed by atoms with Crippen LogP contribution in [0.1, 0.15) is 75.9 Å². The van der Waals surface area contributed by atoms with E-state index in [4.69, 9.17) is 28.4 Å². The van der Waals surface area contributed by atoms with Gasteiger partial charge in [-0.05, 0) is 94.1 Å². The summed E-state index contributed by atoms with van der Waals surface area (Å²) in [6.45, 7) is 10.9. The molecule has 2 atom stereocenters. The van der Waals surface area contributed by atoms with E-state index in [1.165, 1.54) is 14.2 Å². The first-order valence-corrected chi connectivity index (χ1v) is 15.2. The Bertz CT molecular complexity index is 1430. The molecule has 0 aromatic heterocycles. The quantitative estimate of drug-likeness (QED) is 0.166. The van der Waals surface area contributed by atoms with Gasteiger partial charge in [-0.3, -0.25) is 0 Å². The normalized spacial score (nSPS) is 12.5. The molecular formula is C36H44N2O10. The number of esters is 2. The predicted octanol–water partition coefficient (Wildman–Crippen LogP) is 6.32. The first kappa shape index (κ1) is 37.2. The van der Waals surface area contributed by atoms with Crippen LogP contribution < -0.4 is 20.1 Å². The molecule has 0 saturated carbocycles. The number of alkyl carbamates (subject to hydrolysis) is 2. The molecule has 0 aliphatic rings. The zero-order valence-corrected chi connectivity index (χ0v) is 28.6. The molecule has 0 aliphatic heterocycles. The third kappa shape index (κ3) is 12.2. The van der Waals surface area contributed by atoms with Crippen molar-refractivity contribution < 1.29 is 47.6 Å². The minimum absolute atomic E-state index is 0.276. The van der Waals surface area contributed by atoms with E-state index >= 15 is 0 Å². The predicted molar refractivity (Wildman–Crippen MR) is 176 cm³/mol. The molecule has 2 amide bonds. The van der Waals surface area contributed by atoms with Crippen molar-refractivity contribution in [3.05, 3.63) is 95.1 Å². The summed E-state index contributed by atoms with van der Waals surface area (Å²) in [5.74, 6) is -0.143. The number of hydrogen-bond acceptors (Lipinski definition) is 10. The first-order chi connectivity index (χ1) is 22.6. The molecule has 0 spiro atoms. The van der Waals surface area contributed by atoms with E-state index < -0.39 is 47.4 Å². The van der Waals surface area contributed by atoms with E-state index in [2.05, 4.69) is 10.6 Å². The Labute approximate surface area is 281 Å². The van der Waals surface area contributed by atoms with Crippen molar-refractivity contribution in [3.8, 4) is 11.5 Å². The molecule has 12 heteroatoms. The molecule has 12 nitrogen and oxygen atoms in total. The second-order valence-electron chi connectivity index (χ2n) is 12.7. The van der Waals surface area contributed by atoms with Gasteiger partial charge in [0.25, 0.3) is 0 Å². The molecule has 2 N–H and O–H groups in total. The highest BCUT2D eigenvalue weighted by molar-refractivity contribution is 5.83. The Hall–Kier alpha value is -5.26. The maximum Gasteiger partial charge on any atom is 0.408 e. The Morgan fingerprint density at radius 3 is 1.25 bits per heavy atom. The van der Waals surface area contributed by atoms with Crippen molar-refractivity contribution in [2.45, 2.75) is 78.0 Å². The van der Waals surface area contributed by atoms with Gasteiger partial charge in [0.15, 0.2) is 12.1 Å². The smallest absolute Gasteiger partial charge is 0.408 e. The molecule has 0 radical (unpaired) electrons. The molecule has 48 heavy (non-hydrogen) atoms. The fraction of sp³-hybridized carbons (Fsp3) is 0.389. The van der Waals surface area contributed by atoms with Crippen LogP contribution in [-0.2, 0) is 41.8 Å². The van der Waals surface area contributed by atoms with Crippen molar-refractivity contribution in [2.24, 2.45) is 0 Å². The average molecular weight is 665 g/mol. The standard InChI is InChI=1S/C36H44N2O10/c1-35(2,3)47-33(41)37-29(31(39)43-7)25-12-16-27(17-13-25)45-21-23-10-9-11-24(20-23)22-46-28-18-14-26(15-19-28)30(32(40)44-8)38-34(42)48-36(4,5)6/h9-20,29-30H,21-22H2,1-8H3,(H,37,41)(H,38,42). The Morgan fingerprint density at radius 2 is 0.938 bits per heavy atom. The van der Waals surface area contributed by atoms with Gasteiger partial charge in [0, 0.05) is 0 Å². The minimum atomic E-state index is -1.05. The molecule has 3 aromatic rings. The van der Waals surface area contributed by atoms with Gasteiger partial charge < -0.3 is 39.1 Å². The van der Waals surface area contributed by atoms with Crippen molar-refractivity contribution in [3.63, 3.8) is 0 Å². The number of methoxy groups -OCH3 is 2. The highest BCUT2D eigenvalue weighted by Gasteiger charge is 2.28. The van der Waals surface area contributed by atoms with E-state index in [-0.39, 0.29) is 13.2 Å². The lowest BCUT2D eigenvalue weighted by atomic mass is 10.1. The third-order valence-electron chi connectivity index (χ3n) is 6.43. The van der Waals surface area contributed by atoms with Crippen LogP contribution in [0.3, 0.4) is 0 Å². The number of nitrogens with one attached hydrogen (secondary N) is 2. The van der Waals surface area contributed by atoms with Gasteiger partial charge in [0.05, 0.1) is 14.2 Å². The van der Waals surface area contributed by atoms with Gasteiger partial charge in [-0.2, -0.15) is 0 Å². The SMILES string of the molecule is COC(=O)C(NC(=O)OC(C)(C)C)c1ccc(OCc2cccc(COc3ccc(C(NC(=O)OC(C)(C)C)C(=O)OC)cc3)c2)cc1. The van der Waals surface area contributed by atoms with Gasteiger partial charge >= 0.3 is 24.1 Å². The molecule has 0 saturated heterocycles. The fourth-order valence-corrected chi connectivity index (χ4v) is 4.30. The summed E-state index contributed by atoms with van der Waals surface area (Å²) in [7, 11) is 2.49. The Kier molecular flexibility index (Phi) is 12.8. The zero-order chi connectivity index (χ0) is 35.5. The average Bonchev–Trinajstić information content (AvgIpc) is 3.02. The lowest BCUT2D eigenvalue weighted by Gasteiger charge is -2.23. The lowest BCUT2D eigenvalue weighted by Crippen LogP contribution is -2.38. The summed E-state index contributed by atoms with van der Waals surface area (Å²) in [6, 6.07) is 19.1. The number of ether oxygens (including phenoxy) is 6. The van der Waals surface area contributed by atoms with Gasteiger partial charge in [-0.1, -0.05) is 42.5 Å². The van der Waals surface area contributed by atoms with E-state index in [1.54, 1.807) is 90.1 Å². The number of benzene rings is 3. The molecule has 3 rings (SSSR count). The highest BCUT2D eigenvalue weighted by atomic mass is 16.6. The van der Waals surface area contributed by atoms with Crippen LogP contribution in [0.4, 0.5) is 9.59 Å². The molecule has 0 aliphatic carbocycles. The van der Waals surface area contributed by atoms with Crippen LogP contribution in [0.25, 0.3) is 0 Å². The highest BCUT2D eigenvalue weighted by Crippen LogP contribution is 2.23. The molecule has 2 unspecified atom stereocenters. The van der Waals surface area contributed by atoms with Crippen LogP contribution in [0, 0.1) is 0 Å². The summed E-state index contributed by atoms with van der Waals surface area (Å²) in [4.78, 5) is 49.3. The summed E-state index contributed by atoms with van der Waals surface area (Å²) in [5, 5.41) is 5.10. The molecule has 0 bridgehead atoms. The number of hydrogen-bond donors (Lipinski definition) is 2. The number of carbonyl (C=O) groups is 4. The maximum absolute atomic E-state index is 12.4. The van der Waals surface area contributed by atoms with Gasteiger partial charge in [0.1, 0.15) is 35.9 Å². The van der Waals surface area contributed by atoms with E-state index in [0.29, 0.717) is 22.6 Å². The van der Waals surface area contributed by atoms with Crippen molar-refractivity contribution in [2.75, 3.05) is 14.2 Å². The minimum Gasteiger partial charge on any atom is -0.489 e. The van der Waals surface area contributed by atoms with Gasteiger partial charge in [-0.15, -0.1) is 0 Å². The topological polar surface area (TPSA) is 148 Å². The number of rotatable bonds is 12. The monoisotopic (exact) mass is 664 g/mol. The summed E-state index contributed by atoms with van der Waals surface area (Å²) in [5.41, 5.74) is 1.38. The molecular weight excluding hydrogens is 620 g/mol. The van der Waals surface area contributed by atoms with Crippen molar-refractivity contribution in [1.82, 2.24) is 10.6 Å². The van der Waals surface area contributed by atoms with Gasteiger partial charge in [0.2, 0.25) is 0 Å². The molecule has 258 valence electrons. The maximum atomic E-state index is 12.4. The number of amides is 2. The number of carbonyl (C=O) groups excluding carboxylic acids is 4.